The van der Waals surface area contributed by atoms with E-state index in [1.54, 1.807) is 6.26 Å². The van der Waals surface area contributed by atoms with E-state index >= 15 is 0 Å². The van der Waals surface area contributed by atoms with Gasteiger partial charge in [0.25, 0.3) is 0 Å². The topological polar surface area (TPSA) is 81.8 Å². The summed E-state index contributed by atoms with van der Waals surface area (Å²) in [6.07, 6.45) is 10.6. The van der Waals surface area contributed by atoms with Gasteiger partial charge in [0.15, 0.2) is 0 Å². The van der Waals surface area contributed by atoms with Crippen LogP contribution in [-0.4, -0.2) is 28.3 Å². The van der Waals surface area contributed by atoms with Crippen LogP contribution in [0.3, 0.4) is 0 Å². The summed E-state index contributed by atoms with van der Waals surface area (Å²) < 4.78 is 18.3. The van der Waals surface area contributed by atoms with Crippen molar-refractivity contribution >= 4 is 28.0 Å². The van der Waals surface area contributed by atoms with Crippen LogP contribution < -0.4 is 9.47 Å². The van der Waals surface area contributed by atoms with Crippen molar-refractivity contribution in [2.24, 2.45) is 0 Å². The van der Waals surface area contributed by atoms with Crippen LogP contribution >= 0.6 is 0 Å². The Morgan fingerprint density at radius 3 is 2.86 bits per heavy atom. The highest BCUT2D eigenvalue weighted by Crippen LogP contribution is 2.50. The number of hydrogen-bond donors (Lipinski definition) is 1. The van der Waals surface area contributed by atoms with E-state index in [2.05, 4.69) is 0 Å². The Hall–Kier alpha value is -3.80. The molecule has 180 valence electrons. The zero-order chi connectivity index (χ0) is 24.7. The molecule has 0 unspecified atom stereocenters. The minimum Gasteiger partial charge on any atom is -0.492 e. The van der Waals surface area contributed by atoms with Crippen LogP contribution in [0.15, 0.2) is 58.9 Å². The molecule has 0 saturated heterocycles. The van der Waals surface area contributed by atoms with Gasteiger partial charge in [0.1, 0.15) is 22.9 Å². The molecule has 0 radical (unpaired) electrons. The molecule has 3 aromatic rings. The van der Waals surface area contributed by atoms with Crippen molar-refractivity contribution in [1.82, 2.24) is 4.98 Å². The van der Waals surface area contributed by atoms with Crippen LogP contribution in [0.1, 0.15) is 56.6 Å². The van der Waals surface area contributed by atoms with Gasteiger partial charge in [0.05, 0.1) is 30.4 Å². The third kappa shape index (κ3) is 4.25. The van der Waals surface area contributed by atoms with Crippen molar-refractivity contribution in [3.63, 3.8) is 0 Å². The Balaban J connectivity index is 1.93. The number of nitrogens with zero attached hydrogens (tertiary/aromatic N) is 1. The molecule has 3 heterocycles. The van der Waals surface area contributed by atoms with Crippen molar-refractivity contribution in [1.29, 1.82) is 0 Å². The third-order valence-electron chi connectivity index (χ3n) is 6.19. The molecule has 1 aliphatic carbocycles. The normalized spacial score (nSPS) is 16.6. The van der Waals surface area contributed by atoms with Crippen LogP contribution in [0.4, 0.5) is 0 Å². The third-order valence-corrected chi connectivity index (χ3v) is 6.19. The molecular formula is C29H29NO5. The maximum Gasteiger partial charge on any atom is 0.307 e. The Kier molecular flexibility index (Phi) is 5.75. The van der Waals surface area contributed by atoms with Gasteiger partial charge in [-0.2, -0.15) is 0 Å². The second kappa shape index (κ2) is 8.77. The van der Waals surface area contributed by atoms with Crippen LogP contribution in [-0.2, 0) is 17.6 Å². The standard InChI is InChI=1S/C29H29NO5/c1-5-6-7-18-14-21-19(10-13-33-21)20(15-24(31)32)25(18)27-23(35-29(2,3)4)16-22-26-17(9-12-34-22)8-11-30-28(26)27/h5-8,10-11,13,16H,9,12,14-15H2,1-4H3,(H,31,32). The van der Waals surface area contributed by atoms with Crippen molar-refractivity contribution < 1.29 is 23.8 Å². The van der Waals surface area contributed by atoms with Crippen molar-refractivity contribution in [2.75, 3.05) is 6.61 Å². The summed E-state index contributed by atoms with van der Waals surface area (Å²) in [5.74, 6) is 1.23. The molecule has 6 nitrogen and oxygen atoms in total. The molecule has 0 saturated carbocycles. The number of aliphatic carboxylic acids is 1. The lowest BCUT2D eigenvalue weighted by Gasteiger charge is -2.30. The lowest BCUT2D eigenvalue weighted by molar-refractivity contribution is -0.135. The molecule has 2 aromatic heterocycles. The van der Waals surface area contributed by atoms with E-state index in [0.29, 0.717) is 24.4 Å². The van der Waals surface area contributed by atoms with Crippen LogP contribution in [0.25, 0.3) is 22.0 Å². The van der Waals surface area contributed by atoms with Gasteiger partial charge in [-0.05, 0) is 62.1 Å². The molecule has 0 fully saturated rings. The van der Waals surface area contributed by atoms with Crippen molar-refractivity contribution in [2.45, 2.75) is 52.6 Å². The highest BCUT2D eigenvalue weighted by molar-refractivity contribution is 6.12. The van der Waals surface area contributed by atoms with E-state index in [1.165, 1.54) is 5.56 Å². The molecule has 6 heteroatoms. The number of allylic oxidation sites excluding steroid dienone is 5. The predicted molar refractivity (Wildman–Crippen MR) is 136 cm³/mol. The van der Waals surface area contributed by atoms with Gasteiger partial charge in [-0.1, -0.05) is 18.2 Å². The number of furan rings is 1. The summed E-state index contributed by atoms with van der Waals surface area (Å²) in [7, 11) is 0. The quantitative estimate of drug-likeness (QED) is 0.465. The molecule has 0 spiro atoms. The largest absolute Gasteiger partial charge is 0.492 e. The monoisotopic (exact) mass is 471 g/mol. The highest BCUT2D eigenvalue weighted by atomic mass is 16.5. The van der Waals surface area contributed by atoms with Gasteiger partial charge in [-0.25, -0.2) is 0 Å². The van der Waals surface area contributed by atoms with Gasteiger partial charge in [0.2, 0.25) is 0 Å². The predicted octanol–water partition coefficient (Wildman–Crippen LogP) is 6.38. The Morgan fingerprint density at radius 1 is 1.29 bits per heavy atom. The fraction of sp³-hybridized carbons (Fsp3) is 0.310. The van der Waals surface area contributed by atoms with E-state index in [0.717, 1.165) is 51.1 Å². The number of aromatic nitrogens is 1. The number of benzene rings is 1. The molecule has 1 aromatic carbocycles. The molecular weight excluding hydrogens is 442 g/mol. The molecule has 0 atom stereocenters. The van der Waals surface area contributed by atoms with Gasteiger partial charge < -0.3 is 19.0 Å². The summed E-state index contributed by atoms with van der Waals surface area (Å²) in [4.78, 5) is 16.9. The molecule has 2 aliphatic rings. The molecule has 0 bridgehead atoms. The summed E-state index contributed by atoms with van der Waals surface area (Å²) in [6, 6.07) is 5.82. The molecule has 35 heavy (non-hydrogen) atoms. The molecule has 0 amide bonds. The second-order valence-electron chi connectivity index (χ2n) is 9.83. The fourth-order valence-corrected chi connectivity index (χ4v) is 4.93. The number of carboxylic acid groups (broad SMARTS) is 1. The molecule has 1 aliphatic heterocycles. The number of pyridine rings is 1. The van der Waals surface area contributed by atoms with Gasteiger partial charge in [-0.15, -0.1) is 0 Å². The van der Waals surface area contributed by atoms with Crippen molar-refractivity contribution in [3.8, 4) is 11.5 Å². The fourth-order valence-electron chi connectivity index (χ4n) is 4.93. The Morgan fingerprint density at radius 2 is 2.11 bits per heavy atom. The maximum atomic E-state index is 12.1. The van der Waals surface area contributed by atoms with E-state index in [1.807, 2.05) is 70.3 Å². The number of hydrogen-bond acceptors (Lipinski definition) is 5. The summed E-state index contributed by atoms with van der Waals surface area (Å²) in [6.45, 7) is 8.54. The van der Waals surface area contributed by atoms with Gasteiger partial charge >= 0.3 is 5.97 Å². The number of fused-ring (bicyclic) bond motifs is 1. The average Bonchev–Trinajstić information content (AvgIpc) is 3.26. The zero-order valence-corrected chi connectivity index (χ0v) is 20.5. The lowest BCUT2D eigenvalue weighted by atomic mass is 9.79. The van der Waals surface area contributed by atoms with Crippen LogP contribution in [0.2, 0.25) is 0 Å². The first kappa shape index (κ1) is 23.0. The van der Waals surface area contributed by atoms with Crippen molar-refractivity contribution in [3.05, 3.63) is 76.9 Å². The smallest absolute Gasteiger partial charge is 0.307 e. The van der Waals surface area contributed by atoms with Crippen LogP contribution in [0, 0.1) is 0 Å². The van der Waals surface area contributed by atoms with Gasteiger partial charge in [0, 0.05) is 36.1 Å². The maximum absolute atomic E-state index is 12.1. The van der Waals surface area contributed by atoms with E-state index in [-0.39, 0.29) is 6.42 Å². The first-order chi connectivity index (χ1) is 16.8. The van der Waals surface area contributed by atoms with E-state index in [4.69, 9.17) is 18.9 Å². The zero-order valence-electron chi connectivity index (χ0n) is 20.5. The SMILES string of the molecule is CC=CC=C1Cc2occc2C(CC(=O)O)=C1c1c(OC(C)(C)C)cc2c3c(ccnc13)CCO2. The summed E-state index contributed by atoms with van der Waals surface area (Å²) in [5, 5.41) is 10.9. The lowest BCUT2D eigenvalue weighted by Crippen LogP contribution is -2.24. The Bertz CT molecular complexity index is 1410. The minimum absolute atomic E-state index is 0.149. The highest BCUT2D eigenvalue weighted by Gasteiger charge is 2.33. The van der Waals surface area contributed by atoms with Gasteiger partial charge in [-0.3, -0.25) is 9.78 Å². The minimum atomic E-state index is -0.908. The average molecular weight is 472 g/mol. The number of carboxylic acids is 1. The molecule has 5 rings (SSSR count). The second-order valence-corrected chi connectivity index (χ2v) is 9.83. The number of carbonyl (C=O) groups is 1. The number of ether oxygens (including phenoxy) is 2. The van der Waals surface area contributed by atoms with E-state index < -0.39 is 11.6 Å². The first-order valence-corrected chi connectivity index (χ1v) is 11.9. The van der Waals surface area contributed by atoms with Crippen LogP contribution in [0.5, 0.6) is 11.5 Å². The number of rotatable bonds is 5. The van der Waals surface area contributed by atoms with E-state index in [9.17, 15) is 9.90 Å². The molecule has 1 N–H and O–H groups in total. The Labute approximate surface area is 204 Å². The first-order valence-electron chi connectivity index (χ1n) is 11.9. The summed E-state index contributed by atoms with van der Waals surface area (Å²) >= 11 is 0. The summed E-state index contributed by atoms with van der Waals surface area (Å²) in [5.41, 5.74) is 5.54.